The van der Waals surface area contributed by atoms with E-state index in [1.807, 2.05) is 0 Å². The zero-order chi connectivity index (χ0) is 12.1. The minimum absolute atomic E-state index is 0.304. The van der Waals surface area contributed by atoms with Gasteiger partial charge in [0.2, 0.25) is 0 Å². The van der Waals surface area contributed by atoms with Crippen LogP contribution in [-0.4, -0.2) is 29.8 Å². The Labute approximate surface area is 102 Å². The molecule has 0 heterocycles. The molecule has 0 radical (unpaired) electrons. The molecule has 0 saturated carbocycles. The quantitative estimate of drug-likeness (QED) is 0.652. The van der Waals surface area contributed by atoms with Crippen molar-refractivity contribution in [3.05, 3.63) is 0 Å². The van der Waals surface area contributed by atoms with Gasteiger partial charge in [0.1, 0.15) is 0 Å². The lowest BCUT2D eigenvalue weighted by molar-refractivity contribution is 0.0878. The highest BCUT2D eigenvalue weighted by Gasteiger charge is 2.31. The van der Waals surface area contributed by atoms with Crippen molar-refractivity contribution >= 4 is 12.6 Å². The Bertz CT molecular complexity index is 165. The fraction of sp³-hybridized carbons (Fsp3) is 1.00. The maximum atomic E-state index is 4.53. The molecule has 0 atom stereocenters. The lowest BCUT2D eigenvalue weighted by atomic mass is 9.82. The van der Waals surface area contributed by atoms with Gasteiger partial charge in [0.15, 0.2) is 0 Å². The highest BCUT2D eigenvalue weighted by molar-refractivity contribution is 7.80. The number of hydrogen-bond acceptors (Lipinski definition) is 2. The molecular weight excluding hydrogens is 202 g/mol. The summed E-state index contributed by atoms with van der Waals surface area (Å²) in [6.45, 7) is 12.6. The maximum Gasteiger partial charge on any atom is 0.0147 e. The summed E-state index contributed by atoms with van der Waals surface area (Å²) in [5.41, 5.74) is 0.697. The molecular formula is C13H29NS. The summed E-state index contributed by atoms with van der Waals surface area (Å²) < 4.78 is 0. The SMILES string of the molecule is CCC(CC)(CS)CN(C)C(C)(C)CC. The predicted octanol–water partition coefficient (Wildman–Crippen LogP) is 3.84. The Balaban J connectivity index is 4.54. The van der Waals surface area contributed by atoms with Gasteiger partial charge >= 0.3 is 0 Å². The van der Waals surface area contributed by atoms with Gasteiger partial charge in [-0.1, -0.05) is 20.8 Å². The van der Waals surface area contributed by atoms with Crippen LogP contribution in [0.4, 0.5) is 0 Å². The average Bonchev–Trinajstić information content (AvgIpc) is 2.25. The van der Waals surface area contributed by atoms with E-state index in [2.05, 4.69) is 59.2 Å². The fourth-order valence-electron chi connectivity index (χ4n) is 1.73. The highest BCUT2D eigenvalue weighted by Crippen LogP contribution is 2.31. The van der Waals surface area contributed by atoms with Gasteiger partial charge < -0.3 is 4.90 Å². The number of thiol groups is 1. The Hall–Kier alpha value is 0.310. The van der Waals surface area contributed by atoms with Gasteiger partial charge in [-0.3, -0.25) is 0 Å². The van der Waals surface area contributed by atoms with E-state index in [4.69, 9.17) is 0 Å². The third kappa shape index (κ3) is 3.99. The first-order valence-corrected chi connectivity index (χ1v) is 6.82. The van der Waals surface area contributed by atoms with Crippen molar-refractivity contribution in [2.24, 2.45) is 5.41 Å². The molecule has 0 saturated heterocycles. The van der Waals surface area contributed by atoms with E-state index in [1.165, 1.54) is 19.3 Å². The standard InChI is InChI=1S/C13H29NS/c1-7-12(4,5)14(6)10-13(8-2,9-3)11-15/h15H,7-11H2,1-6H3. The minimum atomic E-state index is 0.304. The molecule has 15 heavy (non-hydrogen) atoms. The third-order valence-electron chi connectivity index (χ3n) is 4.31. The second kappa shape index (κ2) is 6.15. The van der Waals surface area contributed by atoms with Crippen LogP contribution in [0.1, 0.15) is 53.9 Å². The molecule has 2 heteroatoms. The molecule has 0 bridgehead atoms. The largest absolute Gasteiger partial charge is 0.301 e. The van der Waals surface area contributed by atoms with E-state index in [0.29, 0.717) is 11.0 Å². The molecule has 0 aliphatic heterocycles. The van der Waals surface area contributed by atoms with Gasteiger partial charge in [0, 0.05) is 12.1 Å². The summed E-state index contributed by atoms with van der Waals surface area (Å²) in [4.78, 5) is 2.50. The van der Waals surface area contributed by atoms with Crippen LogP contribution in [0.15, 0.2) is 0 Å². The van der Waals surface area contributed by atoms with Crippen LogP contribution in [-0.2, 0) is 0 Å². The van der Waals surface area contributed by atoms with Gasteiger partial charge in [-0.15, -0.1) is 0 Å². The van der Waals surface area contributed by atoms with Crippen molar-refractivity contribution in [3.8, 4) is 0 Å². The second-order valence-corrected chi connectivity index (χ2v) is 5.70. The van der Waals surface area contributed by atoms with Gasteiger partial charge in [-0.2, -0.15) is 12.6 Å². The molecule has 0 N–H and O–H groups in total. The smallest absolute Gasteiger partial charge is 0.0147 e. The Morgan fingerprint density at radius 1 is 1.00 bits per heavy atom. The van der Waals surface area contributed by atoms with Crippen LogP contribution >= 0.6 is 12.6 Å². The lowest BCUT2D eigenvalue weighted by Crippen LogP contribution is -2.47. The van der Waals surface area contributed by atoms with Crippen LogP contribution < -0.4 is 0 Å². The lowest BCUT2D eigenvalue weighted by Gasteiger charge is -2.42. The monoisotopic (exact) mass is 231 g/mol. The van der Waals surface area contributed by atoms with E-state index in [-0.39, 0.29) is 0 Å². The van der Waals surface area contributed by atoms with Crippen molar-refractivity contribution in [1.82, 2.24) is 4.90 Å². The first kappa shape index (κ1) is 15.3. The van der Waals surface area contributed by atoms with Crippen molar-refractivity contribution in [2.45, 2.75) is 59.4 Å². The molecule has 0 aromatic heterocycles. The van der Waals surface area contributed by atoms with Crippen LogP contribution in [0.2, 0.25) is 0 Å². The van der Waals surface area contributed by atoms with Crippen LogP contribution in [0.3, 0.4) is 0 Å². The molecule has 0 fully saturated rings. The summed E-state index contributed by atoms with van der Waals surface area (Å²) >= 11 is 4.53. The average molecular weight is 231 g/mol. The van der Waals surface area contributed by atoms with Gasteiger partial charge in [-0.05, 0) is 51.3 Å². The van der Waals surface area contributed by atoms with E-state index in [9.17, 15) is 0 Å². The summed E-state index contributed by atoms with van der Waals surface area (Å²) in [6, 6.07) is 0. The van der Waals surface area contributed by atoms with Crippen molar-refractivity contribution in [1.29, 1.82) is 0 Å². The van der Waals surface area contributed by atoms with Gasteiger partial charge in [-0.25, -0.2) is 0 Å². The molecule has 0 amide bonds. The van der Waals surface area contributed by atoms with Gasteiger partial charge in [0.25, 0.3) is 0 Å². The minimum Gasteiger partial charge on any atom is -0.301 e. The molecule has 0 rings (SSSR count). The Morgan fingerprint density at radius 2 is 1.47 bits per heavy atom. The molecule has 0 aromatic carbocycles. The van der Waals surface area contributed by atoms with E-state index >= 15 is 0 Å². The van der Waals surface area contributed by atoms with Crippen molar-refractivity contribution in [3.63, 3.8) is 0 Å². The number of rotatable bonds is 7. The topological polar surface area (TPSA) is 3.24 Å². The normalized spacial score (nSPS) is 13.6. The Morgan fingerprint density at radius 3 is 1.73 bits per heavy atom. The summed E-state index contributed by atoms with van der Waals surface area (Å²) in [5, 5.41) is 0. The van der Waals surface area contributed by atoms with E-state index in [1.54, 1.807) is 0 Å². The summed E-state index contributed by atoms with van der Waals surface area (Å²) in [6.07, 6.45) is 3.63. The molecule has 0 aliphatic carbocycles. The summed E-state index contributed by atoms with van der Waals surface area (Å²) in [5.74, 6) is 0.990. The van der Waals surface area contributed by atoms with Crippen molar-refractivity contribution in [2.75, 3.05) is 19.3 Å². The number of hydrogen-bond donors (Lipinski definition) is 1. The molecule has 92 valence electrons. The van der Waals surface area contributed by atoms with Crippen LogP contribution in [0.5, 0.6) is 0 Å². The molecule has 0 aromatic rings. The van der Waals surface area contributed by atoms with E-state index < -0.39 is 0 Å². The fourth-order valence-corrected chi connectivity index (χ4v) is 2.28. The summed E-state index contributed by atoms with van der Waals surface area (Å²) in [7, 11) is 2.24. The first-order chi connectivity index (χ1) is 6.87. The van der Waals surface area contributed by atoms with Crippen molar-refractivity contribution < 1.29 is 0 Å². The number of nitrogens with zero attached hydrogens (tertiary/aromatic N) is 1. The van der Waals surface area contributed by atoms with Gasteiger partial charge in [0.05, 0.1) is 0 Å². The Kier molecular flexibility index (Phi) is 6.27. The molecule has 1 nitrogen and oxygen atoms in total. The molecule has 0 unspecified atom stereocenters. The first-order valence-electron chi connectivity index (χ1n) is 6.19. The van der Waals surface area contributed by atoms with Crippen LogP contribution in [0, 0.1) is 5.41 Å². The molecule has 0 aliphatic rings. The highest BCUT2D eigenvalue weighted by atomic mass is 32.1. The maximum absolute atomic E-state index is 4.53. The molecule has 0 spiro atoms. The predicted molar refractivity (Wildman–Crippen MR) is 73.9 cm³/mol. The zero-order valence-electron chi connectivity index (χ0n) is 11.4. The third-order valence-corrected chi connectivity index (χ3v) is 4.98. The van der Waals surface area contributed by atoms with E-state index in [0.717, 1.165) is 12.3 Å². The van der Waals surface area contributed by atoms with Crippen LogP contribution in [0.25, 0.3) is 0 Å². The second-order valence-electron chi connectivity index (χ2n) is 5.39. The zero-order valence-corrected chi connectivity index (χ0v) is 12.3.